The standard InChI is InChI=1S/C19H25N3O3/c1-20(2)16-9-5-14(6-10-16)19(18(13-23)22(24)25)15-7-11-17(12-8-15)21(3)4/h5-12,18-19,23H,13H2,1-4H3. The third-order valence-electron chi connectivity index (χ3n) is 4.38. The van der Waals surface area contributed by atoms with Crippen LogP contribution >= 0.6 is 0 Å². The van der Waals surface area contributed by atoms with Crippen molar-refractivity contribution in [1.29, 1.82) is 0 Å². The highest BCUT2D eigenvalue weighted by atomic mass is 16.6. The van der Waals surface area contributed by atoms with Gasteiger partial charge in [-0.3, -0.25) is 10.1 Å². The smallest absolute Gasteiger partial charge is 0.246 e. The van der Waals surface area contributed by atoms with Crippen LogP contribution in [-0.4, -0.2) is 50.9 Å². The molecule has 0 radical (unpaired) electrons. The van der Waals surface area contributed by atoms with E-state index in [1.54, 1.807) is 0 Å². The van der Waals surface area contributed by atoms with Crippen molar-refractivity contribution in [2.75, 3.05) is 44.6 Å². The van der Waals surface area contributed by atoms with E-state index in [0.29, 0.717) is 0 Å². The van der Waals surface area contributed by atoms with Gasteiger partial charge >= 0.3 is 0 Å². The molecule has 1 N–H and O–H groups in total. The largest absolute Gasteiger partial charge is 0.389 e. The van der Waals surface area contributed by atoms with Gasteiger partial charge in [0.25, 0.3) is 0 Å². The predicted octanol–water partition coefficient (Wildman–Crippen LogP) is 2.59. The zero-order valence-corrected chi connectivity index (χ0v) is 15.1. The maximum atomic E-state index is 11.5. The Bertz CT molecular complexity index is 645. The fourth-order valence-corrected chi connectivity index (χ4v) is 2.89. The summed E-state index contributed by atoms with van der Waals surface area (Å²) in [5.41, 5.74) is 3.68. The van der Waals surface area contributed by atoms with E-state index in [-0.39, 0.29) is 0 Å². The predicted molar refractivity (Wildman–Crippen MR) is 101 cm³/mol. The molecule has 134 valence electrons. The Kier molecular flexibility index (Phi) is 5.98. The van der Waals surface area contributed by atoms with E-state index in [9.17, 15) is 15.2 Å². The van der Waals surface area contributed by atoms with E-state index < -0.39 is 23.5 Å². The highest BCUT2D eigenvalue weighted by Crippen LogP contribution is 2.31. The first-order chi connectivity index (χ1) is 11.8. The first kappa shape index (κ1) is 18.7. The lowest BCUT2D eigenvalue weighted by molar-refractivity contribution is -0.528. The fraction of sp³-hybridized carbons (Fsp3) is 0.368. The molecule has 0 aliphatic rings. The molecule has 6 heteroatoms. The molecule has 2 aromatic rings. The summed E-state index contributed by atoms with van der Waals surface area (Å²) < 4.78 is 0. The van der Waals surface area contributed by atoms with Crippen LogP contribution < -0.4 is 9.80 Å². The zero-order chi connectivity index (χ0) is 18.6. The summed E-state index contributed by atoms with van der Waals surface area (Å²) in [5, 5.41) is 21.1. The molecule has 1 unspecified atom stereocenters. The van der Waals surface area contributed by atoms with Crippen LogP contribution in [0.5, 0.6) is 0 Å². The quantitative estimate of drug-likeness (QED) is 0.618. The van der Waals surface area contributed by atoms with Crippen LogP contribution in [0, 0.1) is 10.1 Å². The van der Waals surface area contributed by atoms with Crippen molar-refractivity contribution in [3.63, 3.8) is 0 Å². The van der Waals surface area contributed by atoms with Crippen LogP contribution in [0.15, 0.2) is 48.5 Å². The summed E-state index contributed by atoms with van der Waals surface area (Å²) in [6.07, 6.45) is 0. The molecule has 0 saturated carbocycles. The Morgan fingerprint density at radius 3 is 1.48 bits per heavy atom. The van der Waals surface area contributed by atoms with Gasteiger partial charge in [-0.25, -0.2) is 0 Å². The van der Waals surface area contributed by atoms with E-state index in [4.69, 9.17) is 0 Å². The molecule has 0 amide bonds. The molecule has 0 aliphatic heterocycles. The van der Waals surface area contributed by atoms with Gasteiger partial charge in [0.1, 0.15) is 6.61 Å². The van der Waals surface area contributed by atoms with Gasteiger partial charge in [0.15, 0.2) is 0 Å². The fourth-order valence-electron chi connectivity index (χ4n) is 2.89. The summed E-state index contributed by atoms with van der Waals surface area (Å²) in [6, 6.07) is 14.2. The minimum atomic E-state index is -1.09. The molecule has 0 heterocycles. The Hall–Kier alpha value is -2.60. The van der Waals surface area contributed by atoms with Gasteiger partial charge < -0.3 is 14.9 Å². The minimum Gasteiger partial charge on any atom is -0.389 e. The second-order valence-corrected chi connectivity index (χ2v) is 6.48. The molecule has 1 atom stereocenters. The SMILES string of the molecule is CN(C)c1ccc(C(c2ccc(N(C)C)cc2)C(CO)[N+](=O)[O-])cc1. The second-order valence-electron chi connectivity index (χ2n) is 6.48. The molecule has 6 nitrogen and oxygen atoms in total. The number of hydrogen-bond donors (Lipinski definition) is 1. The first-order valence-electron chi connectivity index (χ1n) is 8.14. The maximum Gasteiger partial charge on any atom is 0.246 e. The molecule has 0 fully saturated rings. The summed E-state index contributed by atoms with van der Waals surface area (Å²) >= 11 is 0. The van der Waals surface area contributed by atoms with Gasteiger partial charge in [-0.2, -0.15) is 0 Å². The lowest BCUT2D eigenvalue weighted by Crippen LogP contribution is -2.32. The monoisotopic (exact) mass is 343 g/mol. The van der Waals surface area contributed by atoms with Crippen LogP contribution in [0.3, 0.4) is 0 Å². The zero-order valence-electron chi connectivity index (χ0n) is 15.1. The normalized spacial score (nSPS) is 12.1. The van der Waals surface area contributed by atoms with Crippen LogP contribution in [-0.2, 0) is 0 Å². The van der Waals surface area contributed by atoms with Crippen molar-refractivity contribution in [1.82, 2.24) is 0 Å². The second kappa shape index (κ2) is 7.98. The van der Waals surface area contributed by atoms with Gasteiger partial charge in [-0.1, -0.05) is 24.3 Å². The molecule has 0 aromatic heterocycles. The topological polar surface area (TPSA) is 69.8 Å². The van der Waals surface area contributed by atoms with Crippen molar-refractivity contribution in [3.8, 4) is 0 Å². The molecule has 2 aromatic carbocycles. The third-order valence-corrected chi connectivity index (χ3v) is 4.38. The average Bonchev–Trinajstić information content (AvgIpc) is 2.59. The molecular formula is C19H25N3O3. The van der Waals surface area contributed by atoms with Crippen LogP contribution in [0.25, 0.3) is 0 Å². The van der Waals surface area contributed by atoms with Gasteiger partial charge in [0.2, 0.25) is 6.04 Å². The number of benzene rings is 2. The van der Waals surface area contributed by atoms with E-state index in [1.807, 2.05) is 86.5 Å². The van der Waals surface area contributed by atoms with Crippen molar-refractivity contribution >= 4 is 11.4 Å². The molecule has 25 heavy (non-hydrogen) atoms. The van der Waals surface area contributed by atoms with Gasteiger partial charge in [0.05, 0.1) is 5.92 Å². The van der Waals surface area contributed by atoms with Crippen molar-refractivity contribution in [2.24, 2.45) is 0 Å². The lowest BCUT2D eigenvalue weighted by atomic mass is 9.85. The Labute approximate surface area is 148 Å². The Morgan fingerprint density at radius 2 is 1.24 bits per heavy atom. The van der Waals surface area contributed by atoms with Crippen molar-refractivity contribution in [2.45, 2.75) is 12.0 Å². The maximum absolute atomic E-state index is 11.5. The molecule has 0 spiro atoms. The molecular weight excluding hydrogens is 318 g/mol. The molecule has 0 saturated heterocycles. The van der Waals surface area contributed by atoms with E-state index >= 15 is 0 Å². The number of hydrogen-bond acceptors (Lipinski definition) is 5. The number of aliphatic hydroxyl groups is 1. The third kappa shape index (κ3) is 4.28. The highest BCUT2D eigenvalue weighted by Gasteiger charge is 2.33. The van der Waals surface area contributed by atoms with Gasteiger partial charge in [-0.05, 0) is 35.4 Å². The van der Waals surface area contributed by atoms with Gasteiger partial charge in [-0.15, -0.1) is 0 Å². The van der Waals surface area contributed by atoms with E-state index in [0.717, 1.165) is 22.5 Å². The number of nitro groups is 1. The number of anilines is 2. The molecule has 0 aliphatic carbocycles. The Morgan fingerprint density at radius 1 is 0.880 bits per heavy atom. The number of nitrogens with zero attached hydrogens (tertiary/aromatic N) is 3. The number of aliphatic hydroxyl groups excluding tert-OH is 1. The lowest BCUT2D eigenvalue weighted by Gasteiger charge is -2.22. The first-order valence-corrected chi connectivity index (χ1v) is 8.14. The molecule has 0 bridgehead atoms. The summed E-state index contributed by atoms with van der Waals surface area (Å²) in [7, 11) is 7.78. The molecule has 2 rings (SSSR count). The number of rotatable bonds is 7. The summed E-state index contributed by atoms with van der Waals surface area (Å²) in [6.45, 7) is -0.511. The van der Waals surface area contributed by atoms with Crippen molar-refractivity contribution < 1.29 is 10.0 Å². The Balaban J connectivity index is 2.47. The average molecular weight is 343 g/mol. The van der Waals surface area contributed by atoms with E-state index in [1.165, 1.54) is 0 Å². The van der Waals surface area contributed by atoms with Crippen LogP contribution in [0.1, 0.15) is 17.0 Å². The summed E-state index contributed by atoms with van der Waals surface area (Å²) in [5.74, 6) is -0.507. The highest BCUT2D eigenvalue weighted by molar-refractivity contribution is 5.50. The summed E-state index contributed by atoms with van der Waals surface area (Å²) in [4.78, 5) is 15.0. The van der Waals surface area contributed by atoms with Crippen molar-refractivity contribution in [3.05, 3.63) is 69.8 Å². The van der Waals surface area contributed by atoms with Gasteiger partial charge in [0, 0.05) is 44.5 Å². The minimum absolute atomic E-state index is 0.398. The van der Waals surface area contributed by atoms with Crippen LogP contribution in [0.2, 0.25) is 0 Å². The van der Waals surface area contributed by atoms with E-state index in [2.05, 4.69) is 0 Å². The van der Waals surface area contributed by atoms with Crippen LogP contribution in [0.4, 0.5) is 11.4 Å².